The average molecular weight is 381 g/mol. The molecule has 0 fully saturated rings. The first-order valence-electron chi connectivity index (χ1n) is 9.24. The summed E-state index contributed by atoms with van der Waals surface area (Å²) in [5.41, 5.74) is 2.45. The number of amides is 2. The highest BCUT2D eigenvalue weighted by Gasteiger charge is 2.23. The first-order valence-corrected chi connectivity index (χ1v) is 9.24. The van der Waals surface area contributed by atoms with Crippen molar-refractivity contribution in [1.82, 2.24) is 10.6 Å². The van der Waals surface area contributed by atoms with Crippen molar-refractivity contribution in [2.24, 2.45) is 0 Å². The Labute approximate surface area is 165 Å². The van der Waals surface area contributed by atoms with E-state index in [0.717, 1.165) is 5.56 Å². The van der Waals surface area contributed by atoms with Gasteiger partial charge >= 0.3 is 0 Å². The van der Waals surface area contributed by atoms with Crippen molar-refractivity contribution in [3.05, 3.63) is 71.3 Å². The van der Waals surface area contributed by atoms with Gasteiger partial charge in [-0.25, -0.2) is 0 Å². The molecule has 2 N–H and O–H groups in total. The van der Waals surface area contributed by atoms with Crippen molar-refractivity contribution in [3.63, 3.8) is 0 Å². The van der Waals surface area contributed by atoms with Crippen LogP contribution in [0.15, 0.2) is 54.6 Å². The molecule has 28 heavy (non-hydrogen) atoms. The zero-order chi connectivity index (χ0) is 20.7. The van der Waals surface area contributed by atoms with E-state index in [1.54, 1.807) is 30.3 Å². The van der Waals surface area contributed by atoms with Gasteiger partial charge in [0, 0.05) is 12.0 Å². The molecule has 0 unspecified atom stereocenters. The zero-order valence-corrected chi connectivity index (χ0v) is 16.3. The number of benzene rings is 2. The van der Waals surface area contributed by atoms with Crippen molar-refractivity contribution >= 4 is 17.8 Å². The number of aliphatic carboxylic acids is 1. The molecule has 2 atom stereocenters. The number of hydrogen-bond donors (Lipinski definition) is 2. The van der Waals surface area contributed by atoms with Gasteiger partial charge < -0.3 is 20.5 Å². The average Bonchev–Trinajstić information content (AvgIpc) is 2.68. The lowest BCUT2D eigenvalue weighted by Gasteiger charge is -2.22. The molecule has 0 aromatic heterocycles. The number of nitrogens with one attached hydrogen (secondary N) is 2. The molecule has 2 amide bonds. The van der Waals surface area contributed by atoms with E-state index in [2.05, 4.69) is 24.5 Å². The molecule has 0 heterocycles. The molecule has 0 saturated carbocycles. The highest BCUT2D eigenvalue weighted by molar-refractivity contribution is 5.98. The van der Waals surface area contributed by atoms with E-state index in [4.69, 9.17) is 0 Å². The van der Waals surface area contributed by atoms with Crippen LogP contribution in [0.3, 0.4) is 0 Å². The Hall–Kier alpha value is -3.15. The molecule has 0 aliphatic heterocycles. The van der Waals surface area contributed by atoms with E-state index < -0.39 is 29.9 Å². The van der Waals surface area contributed by atoms with E-state index in [0.29, 0.717) is 11.5 Å². The van der Waals surface area contributed by atoms with E-state index >= 15 is 0 Å². The summed E-state index contributed by atoms with van der Waals surface area (Å²) in [5.74, 6) is -1.98. The maximum Gasteiger partial charge on any atom is 0.251 e. The minimum atomic E-state index is -1.39. The molecule has 148 valence electrons. The van der Waals surface area contributed by atoms with Crippen molar-refractivity contribution in [3.8, 4) is 0 Å². The summed E-state index contributed by atoms with van der Waals surface area (Å²) in [7, 11) is 0. The lowest BCUT2D eigenvalue weighted by molar-refractivity contribution is -0.307. The third-order valence-corrected chi connectivity index (χ3v) is 4.46. The number of carboxylic acid groups (broad SMARTS) is 1. The highest BCUT2D eigenvalue weighted by Crippen LogP contribution is 2.16. The number of carboxylic acids is 1. The topological polar surface area (TPSA) is 98.3 Å². The maximum absolute atomic E-state index is 12.6. The molecule has 0 spiro atoms. The molecule has 2 aromatic rings. The number of hydrogen-bond acceptors (Lipinski definition) is 4. The van der Waals surface area contributed by atoms with Crippen LogP contribution in [0.4, 0.5) is 0 Å². The zero-order valence-electron chi connectivity index (χ0n) is 16.3. The molecule has 2 rings (SSSR count). The largest absolute Gasteiger partial charge is 0.548 e. The number of carbonyl (C=O) groups is 3. The van der Waals surface area contributed by atoms with Crippen LogP contribution in [0.5, 0.6) is 0 Å². The Balaban J connectivity index is 2.18. The SMILES string of the molecule is CC(C)c1ccc(C[C@@H](NC(=O)c2ccccc2)C(=O)N[C@@H](C)C(=O)[O-])cc1. The Bertz CT molecular complexity index is 816. The third kappa shape index (κ3) is 5.94. The van der Waals surface area contributed by atoms with Gasteiger partial charge in [0.1, 0.15) is 6.04 Å². The highest BCUT2D eigenvalue weighted by atomic mass is 16.4. The van der Waals surface area contributed by atoms with E-state index in [1.807, 2.05) is 24.3 Å². The van der Waals surface area contributed by atoms with Crippen LogP contribution in [0.1, 0.15) is 48.2 Å². The van der Waals surface area contributed by atoms with Gasteiger partial charge in [-0.2, -0.15) is 0 Å². The molecule has 0 aliphatic carbocycles. The van der Waals surface area contributed by atoms with E-state index in [9.17, 15) is 19.5 Å². The van der Waals surface area contributed by atoms with Crippen LogP contribution >= 0.6 is 0 Å². The van der Waals surface area contributed by atoms with Crippen LogP contribution in [-0.4, -0.2) is 29.9 Å². The quantitative estimate of drug-likeness (QED) is 0.722. The first kappa shape index (κ1) is 21.2. The standard InChI is InChI=1S/C22H26N2O4/c1-14(2)17-11-9-16(10-12-17)13-19(21(26)23-15(3)22(27)28)24-20(25)18-7-5-4-6-8-18/h4-12,14-15,19H,13H2,1-3H3,(H,23,26)(H,24,25)(H,27,28)/p-1/t15-,19+/m0/s1. The normalized spacial score (nSPS) is 12.9. The monoisotopic (exact) mass is 381 g/mol. The Morgan fingerprint density at radius 3 is 2.04 bits per heavy atom. The molecule has 0 aliphatic rings. The molecular weight excluding hydrogens is 356 g/mol. The Kier molecular flexibility index (Phi) is 7.32. The minimum absolute atomic E-state index is 0.239. The molecule has 2 aromatic carbocycles. The van der Waals surface area contributed by atoms with Gasteiger partial charge in [0.25, 0.3) is 5.91 Å². The summed E-state index contributed by atoms with van der Waals surface area (Å²) >= 11 is 0. The van der Waals surface area contributed by atoms with E-state index in [1.165, 1.54) is 12.5 Å². The fourth-order valence-electron chi connectivity index (χ4n) is 2.69. The number of rotatable bonds is 8. The number of carbonyl (C=O) groups excluding carboxylic acids is 3. The molecule has 6 nitrogen and oxygen atoms in total. The minimum Gasteiger partial charge on any atom is -0.548 e. The Morgan fingerprint density at radius 2 is 1.50 bits per heavy atom. The summed E-state index contributed by atoms with van der Waals surface area (Å²) < 4.78 is 0. The third-order valence-electron chi connectivity index (χ3n) is 4.46. The van der Waals surface area contributed by atoms with Gasteiger partial charge in [0.2, 0.25) is 5.91 Å². The second-order valence-electron chi connectivity index (χ2n) is 7.04. The van der Waals surface area contributed by atoms with Crippen molar-refractivity contribution < 1.29 is 19.5 Å². The molecule has 6 heteroatoms. The fraction of sp³-hybridized carbons (Fsp3) is 0.318. The van der Waals surface area contributed by atoms with Gasteiger partial charge in [-0.15, -0.1) is 0 Å². The second kappa shape index (κ2) is 9.69. The van der Waals surface area contributed by atoms with Crippen molar-refractivity contribution in [2.75, 3.05) is 0 Å². The predicted octanol–water partition coefficient (Wildman–Crippen LogP) is 1.41. The first-order chi connectivity index (χ1) is 13.3. The lowest BCUT2D eigenvalue weighted by atomic mass is 9.98. The predicted molar refractivity (Wildman–Crippen MR) is 105 cm³/mol. The maximum atomic E-state index is 12.6. The fourth-order valence-corrected chi connectivity index (χ4v) is 2.69. The van der Waals surface area contributed by atoms with Gasteiger partial charge in [-0.05, 0) is 36.1 Å². The van der Waals surface area contributed by atoms with Crippen LogP contribution in [-0.2, 0) is 16.0 Å². The van der Waals surface area contributed by atoms with Gasteiger partial charge in [-0.3, -0.25) is 9.59 Å². The van der Waals surface area contributed by atoms with Gasteiger partial charge in [-0.1, -0.05) is 56.3 Å². The molecule has 0 radical (unpaired) electrons. The van der Waals surface area contributed by atoms with Crippen LogP contribution in [0.2, 0.25) is 0 Å². The van der Waals surface area contributed by atoms with Gasteiger partial charge in [0.15, 0.2) is 0 Å². The summed E-state index contributed by atoms with van der Waals surface area (Å²) in [6, 6.07) is 14.2. The lowest BCUT2D eigenvalue weighted by Crippen LogP contribution is -2.54. The van der Waals surface area contributed by atoms with Crippen molar-refractivity contribution in [1.29, 1.82) is 0 Å². The smallest absolute Gasteiger partial charge is 0.251 e. The van der Waals surface area contributed by atoms with E-state index in [-0.39, 0.29) is 6.42 Å². The second-order valence-corrected chi connectivity index (χ2v) is 7.04. The summed E-state index contributed by atoms with van der Waals surface area (Å²) in [6.07, 6.45) is 0.239. The van der Waals surface area contributed by atoms with Crippen LogP contribution in [0, 0.1) is 0 Å². The molecular formula is C22H25N2O4-. The summed E-state index contributed by atoms with van der Waals surface area (Å²) in [4.78, 5) is 36.0. The molecule has 0 bridgehead atoms. The van der Waals surface area contributed by atoms with Gasteiger partial charge in [0.05, 0.1) is 12.0 Å². The van der Waals surface area contributed by atoms with Crippen LogP contribution < -0.4 is 15.7 Å². The Morgan fingerprint density at radius 1 is 0.893 bits per heavy atom. The van der Waals surface area contributed by atoms with Crippen LogP contribution in [0.25, 0.3) is 0 Å². The summed E-state index contributed by atoms with van der Waals surface area (Å²) in [5, 5.41) is 16.0. The molecule has 0 saturated heterocycles. The summed E-state index contributed by atoms with van der Waals surface area (Å²) in [6.45, 7) is 5.50. The van der Waals surface area contributed by atoms with Crippen molar-refractivity contribution in [2.45, 2.75) is 45.2 Å².